The molecular weight excluding hydrogens is 190 g/mol. The van der Waals surface area contributed by atoms with Crippen molar-refractivity contribution in [1.82, 2.24) is 10.1 Å². The molecule has 1 heterocycles. The summed E-state index contributed by atoms with van der Waals surface area (Å²) in [5.41, 5.74) is 6.26. The summed E-state index contributed by atoms with van der Waals surface area (Å²) in [4.78, 5) is 4.35. The van der Waals surface area contributed by atoms with E-state index in [1.807, 2.05) is 6.92 Å². The average Bonchev–Trinajstić information content (AvgIpc) is 2.71. The molecule has 1 aliphatic rings. The summed E-state index contributed by atoms with van der Waals surface area (Å²) >= 11 is 0. The third-order valence-corrected chi connectivity index (χ3v) is 3.26. The first-order valence-corrected chi connectivity index (χ1v) is 5.57. The van der Waals surface area contributed by atoms with Crippen LogP contribution in [-0.4, -0.2) is 10.1 Å². The fourth-order valence-electron chi connectivity index (χ4n) is 2.38. The molecule has 2 rings (SSSR count). The maximum absolute atomic E-state index is 6.34. The Morgan fingerprint density at radius 2 is 2.13 bits per heavy atom. The van der Waals surface area contributed by atoms with Crippen LogP contribution in [0.2, 0.25) is 0 Å². The first-order valence-electron chi connectivity index (χ1n) is 5.57. The van der Waals surface area contributed by atoms with Gasteiger partial charge >= 0.3 is 0 Å². The van der Waals surface area contributed by atoms with Crippen LogP contribution in [0.25, 0.3) is 0 Å². The molecule has 0 radical (unpaired) electrons. The summed E-state index contributed by atoms with van der Waals surface area (Å²) in [6, 6.07) is 0. The Hall–Kier alpha value is -0.900. The summed E-state index contributed by atoms with van der Waals surface area (Å²) in [5, 5.41) is 4.00. The van der Waals surface area contributed by atoms with Crippen molar-refractivity contribution < 1.29 is 4.52 Å². The first kappa shape index (κ1) is 10.6. The Morgan fingerprint density at radius 3 is 2.60 bits per heavy atom. The highest BCUT2D eigenvalue weighted by Gasteiger charge is 2.44. The van der Waals surface area contributed by atoms with E-state index in [9.17, 15) is 0 Å². The van der Waals surface area contributed by atoms with Gasteiger partial charge in [-0.2, -0.15) is 4.98 Å². The van der Waals surface area contributed by atoms with Crippen LogP contribution in [0.15, 0.2) is 4.52 Å². The molecule has 1 atom stereocenters. The van der Waals surface area contributed by atoms with Gasteiger partial charge in [-0.1, -0.05) is 25.9 Å². The number of nitrogens with two attached hydrogens (primary N) is 1. The molecular formula is C11H19N3O. The van der Waals surface area contributed by atoms with Gasteiger partial charge in [0.25, 0.3) is 0 Å². The van der Waals surface area contributed by atoms with Gasteiger partial charge in [-0.25, -0.2) is 0 Å². The second-order valence-electron chi connectivity index (χ2n) is 5.36. The molecule has 84 valence electrons. The molecule has 1 aromatic rings. The number of aryl methyl sites for hydroxylation is 1. The van der Waals surface area contributed by atoms with E-state index in [0.717, 1.165) is 25.7 Å². The molecule has 15 heavy (non-hydrogen) atoms. The topological polar surface area (TPSA) is 64.9 Å². The van der Waals surface area contributed by atoms with Crippen LogP contribution in [0.5, 0.6) is 0 Å². The van der Waals surface area contributed by atoms with Gasteiger partial charge in [0.15, 0.2) is 5.82 Å². The maximum atomic E-state index is 6.34. The van der Waals surface area contributed by atoms with Gasteiger partial charge in [0.2, 0.25) is 5.89 Å². The first-order chi connectivity index (χ1) is 6.95. The molecule has 0 saturated heterocycles. The van der Waals surface area contributed by atoms with E-state index in [1.165, 1.54) is 0 Å². The predicted octanol–water partition coefficient (Wildman–Crippen LogP) is 2.00. The van der Waals surface area contributed by atoms with Gasteiger partial charge in [-0.3, -0.25) is 0 Å². The van der Waals surface area contributed by atoms with Gasteiger partial charge in [0.1, 0.15) is 0 Å². The highest BCUT2D eigenvalue weighted by Crippen LogP contribution is 2.46. The zero-order valence-electron chi connectivity index (χ0n) is 9.71. The van der Waals surface area contributed by atoms with Crippen LogP contribution in [0.1, 0.15) is 51.7 Å². The summed E-state index contributed by atoms with van der Waals surface area (Å²) < 4.78 is 5.12. The summed E-state index contributed by atoms with van der Waals surface area (Å²) in [7, 11) is 0. The fraction of sp³-hybridized carbons (Fsp3) is 0.818. The van der Waals surface area contributed by atoms with Gasteiger partial charge in [0, 0.05) is 6.42 Å². The standard InChI is InChI=1S/C11H19N3O/c1-4-8-13-9(14-15-8)11(12)6-5-10(2,3)7-11/h4-7,12H2,1-3H3. The van der Waals surface area contributed by atoms with Gasteiger partial charge in [-0.05, 0) is 24.7 Å². The van der Waals surface area contributed by atoms with Crippen LogP contribution in [0.4, 0.5) is 0 Å². The number of aromatic nitrogens is 2. The largest absolute Gasteiger partial charge is 0.339 e. The molecule has 0 amide bonds. The minimum absolute atomic E-state index is 0.293. The van der Waals surface area contributed by atoms with Crippen LogP contribution >= 0.6 is 0 Å². The molecule has 2 N–H and O–H groups in total. The Kier molecular flexibility index (Phi) is 2.34. The predicted molar refractivity (Wildman–Crippen MR) is 57.2 cm³/mol. The van der Waals surface area contributed by atoms with Crippen LogP contribution in [0, 0.1) is 5.41 Å². The van der Waals surface area contributed by atoms with E-state index in [2.05, 4.69) is 24.0 Å². The van der Waals surface area contributed by atoms with E-state index in [0.29, 0.717) is 17.1 Å². The Morgan fingerprint density at radius 1 is 1.40 bits per heavy atom. The summed E-state index contributed by atoms with van der Waals surface area (Å²) in [5.74, 6) is 1.37. The summed E-state index contributed by atoms with van der Waals surface area (Å²) in [6.45, 7) is 6.48. The molecule has 0 bridgehead atoms. The number of nitrogens with zero attached hydrogens (tertiary/aromatic N) is 2. The van der Waals surface area contributed by atoms with Crippen molar-refractivity contribution in [3.05, 3.63) is 11.7 Å². The normalized spacial score (nSPS) is 29.6. The Labute approximate surface area is 90.2 Å². The number of hydrogen-bond acceptors (Lipinski definition) is 4. The van der Waals surface area contributed by atoms with Gasteiger partial charge in [0.05, 0.1) is 5.54 Å². The lowest BCUT2D eigenvalue weighted by molar-refractivity contribution is 0.315. The lowest BCUT2D eigenvalue weighted by Crippen LogP contribution is -2.35. The molecule has 0 spiro atoms. The van der Waals surface area contributed by atoms with Crippen molar-refractivity contribution in [1.29, 1.82) is 0 Å². The lowest BCUT2D eigenvalue weighted by atomic mass is 9.88. The highest BCUT2D eigenvalue weighted by molar-refractivity contribution is 5.09. The average molecular weight is 209 g/mol. The molecule has 0 aliphatic heterocycles. The lowest BCUT2D eigenvalue weighted by Gasteiger charge is -2.22. The molecule has 1 saturated carbocycles. The second kappa shape index (κ2) is 3.30. The molecule has 1 aromatic heterocycles. The molecule has 1 aliphatic carbocycles. The van der Waals surface area contributed by atoms with E-state index >= 15 is 0 Å². The molecule has 4 heteroatoms. The van der Waals surface area contributed by atoms with Crippen LogP contribution in [0.3, 0.4) is 0 Å². The monoisotopic (exact) mass is 209 g/mol. The van der Waals surface area contributed by atoms with Crippen molar-refractivity contribution in [3.8, 4) is 0 Å². The second-order valence-corrected chi connectivity index (χ2v) is 5.36. The van der Waals surface area contributed by atoms with E-state index in [-0.39, 0.29) is 5.54 Å². The minimum Gasteiger partial charge on any atom is -0.339 e. The van der Waals surface area contributed by atoms with Crippen molar-refractivity contribution in [3.63, 3.8) is 0 Å². The molecule has 4 nitrogen and oxygen atoms in total. The third kappa shape index (κ3) is 1.91. The van der Waals surface area contributed by atoms with E-state index in [4.69, 9.17) is 10.3 Å². The minimum atomic E-state index is -0.375. The number of rotatable bonds is 2. The van der Waals surface area contributed by atoms with Crippen molar-refractivity contribution in [2.75, 3.05) is 0 Å². The number of hydrogen-bond donors (Lipinski definition) is 1. The Balaban J connectivity index is 2.23. The van der Waals surface area contributed by atoms with Crippen molar-refractivity contribution in [2.24, 2.45) is 11.1 Å². The quantitative estimate of drug-likeness (QED) is 0.809. The fourth-order valence-corrected chi connectivity index (χ4v) is 2.38. The summed E-state index contributed by atoms with van der Waals surface area (Å²) in [6.07, 6.45) is 3.78. The van der Waals surface area contributed by atoms with Crippen molar-refractivity contribution >= 4 is 0 Å². The zero-order chi connectivity index (χ0) is 11.1. The molecule has 1 fully saturated rings. The molecule has 1 unspecified atom stereocenters. The van der Waals surface area contributed by atoms with E-state index < -0.39 is 0 Å². The van der Waals surface area contributed by atoms with E-state index in [1.54, 1.807) is 0 Å². The highest BCUT2D eigenvalue weighted by atomic mass is 16.5. The van der Waals surface area contributed by atoms with Gasteiger partial charge in [-0.15, -0.1) is 0 Å². The molecule has 0 aromatic carbocycles. The third-order valence-electron chi connectivity index (χ3n) is 3.26. The van der Waals surface area contributed by atoms with Crippen LogP contribution < -0.4 is 5.73 Å². The van der Waals surface area contributed by atoms with Crippen LogP contribution in [-0.2, 0) is 12.0 Å². The van der Waals surface area contributed by atoms with Crippen molar-refractivity contribution in [2.45, 2.75) is 52.0 Å². The zero-order valence-corrected chi connectivity index (χ0v) is 9.71. The SMILES string of the molecule is CCc1nc(C2(N)CCC(C)(C)C2)no1. The van der Waals surface area contributed by atoms with Gasteiger partial charge < -0.3 is 10.3 Å². The smallest absolute Gasteiger partial charge is 0.226 e. The maximum Gasteiger partial charge on any atom is 0.226 e. The Bertz CT molecular complexity index is 358.